The standard InChI is InChI=1S/C43H24N4O8/c1-45-29-10-15-31(16-11-29)52-42-34(43(50)53-33-14-7-28-9-19-40(49)55-38(28)22-33)23-36(47-42)41(51-32-13-6-27-8-18-39(48)54-37(27)21-32)35-17-12-30(46-35)20-25-2-4-26(24-44)5-3-25/h2-19,21-23,47H,20H2/b41-35+. The Hall–Kier alpha value is -8.22. The molecule has 0 fully saturated rings. The molecule has 0 radical (unpaired) electrons. The molecule has 1 N–H and O–H groups in total. The van der Waals surface area contributed by atoms with E-state index in [1.54, 1.807) is 84.9 Å². The van der Waals surface area contributed by atoms with E-state index in [-0.39, 0.29) is 34.2 Å². The SMILES string of the molecule is [C-]#[N+]c1ccc(Oc2[nH]c(/C(Oc3ccc4ccc(=O)oc4c3)=C3/C=CC(Cc4ccc(C#N)cc4)=N3)cc2C(=O)Oc2ccc3ccc(=O)oc3c2)cc1. The summed E-state index contributed by atoms with van der Waals surface area (Å²) in [4.78, 5) is 49.2. The van der Waals surface area contributed by atoms with Crippen LogP contribution in [-0.4, -0.2) is 16.7 Å². The van der Waals surface area contributed by atoms with Crippen molar-refractivity contribution in [2.75, 3.05) is 0 Å². The summed E-state index contributed by atoms with van der Waals surface area (Å²) in [6, 6.07) is 32.7. The van der Waals surface area contributed by atoms with Gasteiger partial charge in [-0.25, -0.2) is 24.2 Å². The second-order valence-electron chi connectivity index (χ2n) is 12.2. The van der Waals surface area contributed by atoms with Crippen molar-refractivity contribution in [1.82, 2.24) is 4.98 Å². The number of carbonyl (C=O) groups is 1. The van der Waals surface area contributed by atoms with E-state index in [4.69, 9.17) is 34.6 Å². The number of aromatic nitrogens is 1. The summed E-state index contributed by atoms with van der Waals surface area (Å²) in [6.45, 7) is 7.29. The molecule has 0 spiro atoms. The summed E-state index contributed by atoms with van der Waals surface area (Å²) < 4.78 is 29.1. The molecule has 0 unspecified atom stereocenters. The molecule has 0 atom stereocenters. The van der Waals surface area contributed by atoms with Gasteiger partial charge in [-0.2, -0.15) is 5.26 Å². The lowest BCUT2D eigenvalue weighted by atomic mass is 10.1. The van der Waals surface area contributed by atoms with Crippen LogP contribution in [0.4, 0.5) is 5.69 Å². The molecule has 0 saturated carbocycles. The third-order valence-corrected chi connectivity index (χ3v) is 8.45. The molecule has 3 aromatic heterocycles. The third-order valence-electron chi connectivity index (χ3n) is 8.45. The van der Waals surface area contributed by atoms with Crippen molar-refractivity contribution in [3.63, 3.8) is 0 Å². The number of nitrogens with one attached hydrogen (secondary N) is 1. The first-order valence-electron chi connectivity index (χ1n) is 16.7. The Balaban J connectivity index is 1.21. The van der Waals surface area contributed by atoms with Crippen LogP contribution in [0.15, 0.2) is 157 Å². The van der Waals surface area contributed by atoms with Gasteiger partial charge in [-0.3, -0.25) is 0 Å². The van der Waals surface area contributed by atoms with Gasteiger partial charge in [-0.1, -0.05) is 24.3 Å². The lowest BCUT2D eigenvalue weighted by Gasteiger charge is -2.11. The number of hydrogen-bond donors (Lipinski definition) is 1. The number of fused-ring (bicyclic) bond motifs is 2. The van der Waals surface area contributed by atoms with Crippen molar-refractivity contribution >= 4 is 45.1 Å². The maximum atomic E-state index is 13.9. The summed E-state index contributed by atoms with van der Waals surface area (Å²) in [5.74, 6) is 0.135. The summed E-state index contributed by atoms with van der Waals surface area (Å²) >= 11 is 0. The van der Waals surface area contributed by atoms with Crippen LogP contribution in [-0.2, 0) is 6.42 Å². The largest absolute Gasteiger partial charge is 0.453 e. The number of aliphatic imine (C=N–C) groups is 1. The molecule has 8 rings (SSSR count). The average molecular weight is 725 g/mol. The van der Waals surface area contributed by atoms with E-state index in [9.17, 15) is 19.6 Å². The van der Waals surface area contributed by atoms with Gasteiger partial charge in [0, 0.05) is 47.2 Å². The molecule has 4 aromatic carbocycles. The Kier molecular flexibility index (Phi) is 8.89. The minimum absolute atomic E-state index is 0.00199. The number of aromatic amines is 1. The minimum Gasteiger partial charge on any atom is -0.453 e. The third kappa shape index (κ3) is 7.42. The van der Waals surface area contributed by atoms with E-state index in [0.29, 0.717) is 56.9 Å². The molecule has 0 amide bonds. The number of esters is 1. The van der Waals surface area contributed by atoms with Crippen molar-refractivity contribution in [2.24, 2.45) is 4.99 Å². The molecule has 1 aliphatic rings. The highest BCUT2D eigenvalue weighted by molar-refractivity contribution is 6.01. The zero-order valence-corrected chi connectivity index (χ0v) is 28.4. The summed E-state index contributed by atoms with van der Waals surface area (Å²) in [5, 5.41) is 10.5. The zero-order chi connectivity index (χ0) is 37.9. The van der Waals surface area contributed by atoms with Crippen LogP contribution in [0.1, 0.15) is 27.2 Å². The first-order valence-corrected chi connectivity index (χ1v) is 16.7. The average Bonchev–Trinajstić information content (AvgIpc) is 3.84. The molecule has 55 heavy (non-hydrogen) atoms. The van der Waals surface area contributed by atoms with Crippen molar-refractivity contribution in [3.05, 3.63) is 188 Å². The topological polar surface area (TPSA) is 161 Å². The van der Waals surface area contributed by atoms with Gasteiger partial charge < -0.3 is 28.0 Å². The smallest absolute Gasteiger partial charge is 0.349 e. The maximum absolute atomic E-state index is 13.9. The van der Waals surface area contributed by atoms with Crippen LogP contribution < -0.4 is 25.5 Å². The second kappa shape index (κ2) is 14.4. The Morgan fingerprint density at radius 2 is 1.38 bits per heavy atom. The van der Waals surface area contributed by atoms with E-state index >= 15 is 0 Å². The fourth-order valence-corrected chi connectivity index (χ4v) is 5.77. The van der Waals surface area contributed by atoms with Crippen LogP contribution in [0, 0.1) is 17.9 Å². The van der Waals surface area contributed by atoms with Gasteiger partial charge >= 0.3 is 17.2 Å². The first kappa shape index (κ1) is 33.9. The highest BCUT2D eigenvalue weighted by Gasteiger charge is 2.25. The van der Waals surface area contributed by atoms with Gasteiger partial charge in [0.2, 0.25) is 5.88 Å². The van der Waals surface area contributed by atoms with Crippen LogP contribution in [0.2, 0.25) is 0 Å². The Morgan fingerprint density at radius 3 is 2.02 bits per heavy atom. The van der Waals surface area contributed by atoms with E-state index in [1.807, 2.05) is 18.2 Å². The van der Waals surface area contributed by atoms with Crippen LogP contribution >= 0.6 is 0 Å². The molecular weight excluding hydrogens is 700 g/mol. The monoisotopic (exact) mass is 724 g/mol. The number of H-pyrrole nitrogens is 1. The molecular formula is C43H24N4O8. The van der Waals surface area contributed by atoms with Crippen LogP contribution in [0.25, 0.3) is 32.5 Å². The van der Waals surface area contributed by atoms with Crippen molar-refractivity contribution in [1.29, 1.82) is 5.26 Å². The predicted octanol–water partition coefficient (Wildman–Crippen LogP) is 8.66. The summed E-state index contributed by atoms with van der Waals surface area (Å²) in [7, 11) is 0. The zero-order valence-electron chi connectivity index (χ0n) is 28.4. The van der Waals surface area contributed by atoms with Gasteiger partial charge in [-0.15, -0.1) is 0 Å². The van der Waals surface area contributed by atoms with Crippen molar-refractivity contribution in [3.8, 4) is 29.2 Å². The summed E-state index contributed by atoms with van der Waals surface area (Å²) in [5.41, 5.74) is 2.71. The molecule has 264 valence electrons. The molecule has 4 heterocycles. The van der Waals surface area contributed by atoms with Gasteiger partial charge in [0.15, 0.2) is 11.4 Å². The molecule has 12 heteroatoms. The molecule has 0 aliphatic carbocycles. The van der Waals surface area contributed by atoms with Gasteiger partial charge in [0.05, 0.1) is 23.9 Å². The number of rotatable bonds is 9. The van der Waals surface area contributed by atoms with E-state index < -0.39 is 17.2 Å². The van der Waals surface area contributed by atoms with Crippen molar-refractivity contribution in [2.45, 2.75) is 6.42 Å². The Bertz CT molecular complexity index is 2950. The quantitative estimate of drug-likeness (QED) is 0.0505. The van der Waals surface area contributed by atoms with Gasteiger partial charge in [-0.05, 0) is 84.4 Å². The molecule has 0 saturated heterocycles. The number of carbonyl (C=O) groups excluding carboxylic acids is 1. The fourth-order valence-electron chi connectivity index (χ4n) is 5.77. The van der Waals surface area contributed by atoms with E-state index in [0.717, 1.165) is 5.56 Å². The van der Waals surface area contributed by atoms with E-state index in [1.165, 1.54) is 24.3 Å². The second-order valence-corrected chi connectivity index (χ2v) is 12.2. The lowest BCUT2D eigenvalue weighted by molar-refractivity contribution is 0.0732. The molecule has 0 bridgehead atoms. The Labute approximate surface area is 310 Å². The summed E-state index contributed by atoms with van der Waals surface area (Å²) in [6.07, 6.45) is 4.06. The first-order chi connectivity index (χ1) is 26.8. The fraction of sp³-hybridized carbons (Fsp3) is 0.0233. The normalized spacial score (nSPS) is 12.9. The highest BCUT2D eigenvalue weighted by atomic mass is 16.5. The number of nitriles is 1. The number of ether oxygens (including phenoxy) is 3. The maximum Gasteiger partial charge on any atom is 0.349 e. The van der Waals surface area contributed by atoms with Crippen LogP contribution in [0.5, 0.6) is 23.1 Å². The number of benzene rings is 4. The number of allylic oxidation sites excluding steroid dienone is 2. The van der Waals surface area contributed by atoms with Gasteiger partial charge in [0.25, 0.3) is 0 Å². The Morgan fingerprint density at radius 1 is 0.764 bits per heavy atom. The predicted molar refractivity (Wildman–Crippen MR) is 202 cm³/mol. The lowest BCUT2D eigenvalue weighted by Crippen LogP contribution is -2.09. The van der Waals surface area contributed by atoms with Gasteiger partial charge in [0.1, 0.15) is 39.7 Å². The highest BCUT2D eigenvalue weighted by Crippen LogP contribution is 2.35. The molecule has 7 aromatic rings. The minimum atomic E-state index is -0.809. The van der Waals surface area contributed by atoms with Crippen LogP contribution in [0.3, 0.4) is 0 Å². The van der Waals surface area contributed by atoms with Crippen molar-refractivity contribution < 1.29 is 27.8 Å². The number of hydrogen-bond acceptors (Lipinski definition) is 10. The van der Waals surface area contributed by atoms with E-state index in [2.05, 4.69) is 15.9 Å². The molecule has 1 aliphatic heterocycles. The number of nitrogens with zero attached hydrogens (tertiary/aromatic N) is 3. The molecule has 12 nitrogen and oxygen atoms in total.